The topological polar surface area (TPSA) is 109 Å². The van der Waals surface area contributed by atoms with E-state index in [1.165, 1.54) is 11.1 Å². The number of hydrogen-bond donors (Lipinski definition) is 3. The number of pyridine rings is 1. The van der Waals surface area contributed by atoms with Crippen LogP contribution in [0.4, 0.5) is 0 Å². The van der Waals surface area contributed by atoms with Crippen LogP contribution in [0.25, 0.3) is 0 Å². The maximum Gasteiger partial charge on any atom is 0.261 e. The van der Waals surface area contributed by atoms with Crippen LogP contribution in [0.3, 0.4) is 0 Å². The zero-order chi connectivity index (χ0) is 25.1. The van der Waals surface area contributed by atoms with Crippen molar-refractivity contribution in [1.29, 1.82) is 0 Å². The minimum Gasteiger partial charge on any atom is -0.497 e. The highest BCUT2D eigenvalue weighted by Gasteiger charge is 2.64. The van der Waals surface area contributed by atoms with Crippen LogP contribution in [0.5, 0.6) is 5.75 Å². The molecule has 0 radical (unpaired) electrons. The van der Waals surface area contributed by atoms with E-state index in [1.807, 2.05) is 12.1 Å². The first-order valence-corrected chi connectivity index (χ1v) is 12.6. The lowest BCUT2D eigenvalue weighted by atomic mass is 9.49. The average molecular weight is 486 g/mol. The Balaban J connectivity index is 1.46. The van der Waals surface area contributed by atoms with Crippen molar-refractivity contribution in [2.24, 2.45) is 5.73 Å². The molecule has 1 saturated heterocycles. The first kappa shape index (κ1) is 23.0. The number of piperidine rings is 1. The van der Waals surface area contributed by atoms with Gasteiger partial charge < -0.3 is 20.6 Å². The van der Waals surface area contributed by atoms with Gasteiger partial charge in [0.2, 0.25) is 0 Å². The third-order valence-corrected chi connectivity index (χ3v) is 8.84. The number of aliphatic hydroxyl groups is 1. The number of rotatable bonds is 5. The number of methoxy groups -OCH3 is 1. The van der Waals surface area contributed by atoms with Crippen molar-refractivity contribution >= 4 is 5.91 Å². The van der Waals surface area contributed by atoms with Crippen molar-refractivity contribution in [2.45, 2.75) is 49.2 Å². The SMILES string of the molecule is COc1ccc2c(c1)[C@]13CCN(CCc4ccccc4)[C@H](C2)[C@]1(O)Cc1cc(C(N)=O)c(=O)[nH]c1C3. The zero-order valence-corrected chi connectivity index (χ0v) is 20.4. The van der Waals surface area contributed by atoms with Gasteiger partial charge in [-0.3, -0.25) is 14.5 Å². The first-order valence-electron chi connectivity index (χ1n) is 12.6. The van der Waals surface area contributed by atoms with Gasteiger partial charge in [0.05, 0.1) is 12.7 Å². The Morgan fingerprint density at radius 2 is 1.97 bits per heavy atom. The Morgan fingerprint density at radius 3 is 2.72 bits per heavy atom. The molecule has 0 unspecified atom stereocenters. The van der Waals surface area contributed by atoms with Gasteiger partial charge in [-0.25, -0.2) is 0 Å². The minimum absolute atomic E-state index is 0.0581. The number of H-pyrrole nitrogens is 1. The first-order chi connectivity index (χ1) is 17.3. The number of aromatic amines is 1. The Hall–Kier alpha value is -3.42. The number of fused-ring (bicyclic) bond motifs is 2. The Bertz CT molecular complexity index is 1400. The van der Waals surface area contributed by atoms with Gasteiger partial charge in [-0.1, -0.05) is 36.4 Å². The van der Waals surface area contributed by atoms with Gasteiger partial charge in [-0.15, -0.1) is 0 Å². The van der Waals surface area contributed by atoms with Crippen LogP contribution in [-0.2, 0) is 31.1 Å². The molecule has 0 spiro atoms. The van der Waals surface area contributed by atoms with E-state index >= 15 is 0 Å². The normalized spacial score (nSPS) is 26.4. The molecule has 1 fully saturated rings. The monoisotopic (exact) mass is 485 g/mol. The number of carbonyl (C=O) groups is 1. The van der Waals surface area contributed by atoms with Crippen molar-refractivity contribution in [3.63, 3.8) is 0 Å². The van der Waals surface area contributed by atoms with Gasteiger partial charge in [0.15, 0.2) is 0 Å². The highest BCUT2D eigenvalue weighted by Crippen LogP contribution is 2.57. The molecule has 2 heterocycles. The average Bonchev–Trinajstić information content (AvgIpc) is 2.87. The maximum absolute atomic E-state index is 12.7. The summed E-state index contributed by atoms with van der Waals surface area (Å²) in [6.45, 7) is 1.71. The molecular formula is C29H31N3O4. The molecule has 4 N–H and O–H groups in total. The number of nitrogens with one attached hydrogen (secondary N) is 1. The largest absolute Gasteiger partial charge is 0.497 e. The van der Waals surface area contributed by atoms with Crippen LogP contribution in [0, 0.1) is 0 Å². The molecule has 2 aliphatic carbocycles. The molecule has 36 heavy (non-hydrogen) atoms. The van der Waals surface area contributed by atoms with Gasteiger partial charge in [-0.05, 0) is 66.3 Å². The van der Waals surface area contributed by atoms with E-state index in [0.29, 0.717) is 12.8 Å². The second-order valence-electron chi connectivity index (χ2n) is 10.5. The number of primary amides is 1. The number of nitrogens with zero attached hydrogens (tertiary/aromatic N) is 1. The second-order valence-corrected chi connectivity index (χ2v) is 10.5. The molecule has 2 aromatic carbocycles. The molecule has 7 nitrogen and oxygen atoms in total. The van der Waals surface area contributed by atoms with Crippen molar-refractivity contribution in [3.8, 4) is 5.75 Å². The summed E-state index contributed by atoms with van der Waals surface area (Å²) in [4.78, 5) is 29.9. The summed E-state index contributed by atoms with van der Waals surface area (Å²) in [7, 11) is 1.66. The smallest absolute Gasteiger partial charge is 0.261 e. The Morgan fingerprint density at radius 1 is 1.17 bits per heavy atom. The van der Waals surface area contributed by atoms with Crippen molar-refractivity contribution in [2.75, 3.05) is 20.2 Å². The fraction of sp³-hybridized carbons (Fsp3) is 0.379. The third kappa shape index (κ3) is 3.33. The van der Waals surface area contributed by atoms with Gasteiger partial charge in [0, 0.05) is 36.5 Å². The zero-order valence-electron chi connectivity index (χ0n) is 20.4. The number of aromatic nitrogens is 1. The molecular weight excluding hydrogens is 454 g/mol. The summed E-state index contributed by atoms with van der Waals surface area (Å²) < 4.78 is 5.57. The van der Waals surface area contributed by atoms with Crippen LogP contribution in [0.1, 0.15) is 44.7 Å². The molecule has 3 atom stereocenters. The fourth-order valence-corrected chi connectivity index (χ4v) is 7.02. The summed E-state index contributed by atoms with van der Waals surface area (Å²) in [5, 5.41) is 12.7. The van der Waals surface area contributed by atoms with E-state index < -0.39 is 22.5 Å². The fourth-order valence-electron chi connectivity index (χ4n) is 7.02. The highest BCUT2D eigenvalue weighted by molar-refractivity contribution is 5.92. The molecule has 7 heteroatoms. The van der Waals surface area contributed by atoms with E-state index in [1.54, 1.807) is 13.2 Å². The Kier molecular flexibility index (Phi) is 5.32. The summed E-state index contributed by atoms with van der Waals surface area (Å²) in [5.74, 6) is 0.00790. The number of hydrogen-bond acceptors (Lipinski definition) is 5. The quantitative estimate of drug-likeness (QED) is 0.513. The van der Waals surface area contributed by atoms with Crippen LogP contribution in [0.15, 0.2) is 59.4 Å². The molecule has 1 aromatic heterocycles. The molecule has 3 aliphatic rings. The van der Waals surface area contributed by atoms with Crippen LogP contribution >= 0.6 is 0 Å². The number of nitrogens with two attached hydrogens (primary N) is 1. The molecule has 186 valence electrons. The highest BCUT2D eigenvalue weighted by atomic mass is 16.5. The van der Waals surface area contributed by atoms with E-state index in [4.69, 9.17) is 10.5 Å². The van der Waals surface area contributed by atoms with Crippen molar-refractivity contribution in [1.82, 2.24) is 9.88 Å². The molecule has 1 aliphatic heterocycles. The number of ether oxygens (including phenoxy) is 1. The van der Waals surface area contributed by atoms with Crippen molar-refractivity contribution < 1.29 is 14.6 Å². The standard InChI is InChI=1S/C29H31N3O4/c1-36-21-8-7-19-14-25-29(35)16-20-13-22(26(30)33)27(34)31-24(20)17-28(29,23(19)15-21)10-12-32(25)11-9-18-5-3-2-4-6-18/h2-8,13,15,25,35H,9-12,14,16-17H2,1H3,(H2,30,33)(H,31,34)/t25-,28-,29-/m1/s1. The van der Waals surface area contributed by atoms with Gasteiger partial charge in [-0.2, -0.15) is 0 Å². The van der Waals surface area contributed by atoms with Crippen LogP contribution in [-0.4, -0.2) is 52.7 Å². The van der Waals surface area contributed by atoms with Crippen LogP contribution in [0.2, 0.25) is 0 Å². The number of amides is 1. The summed E-state index contributed by atoms with van der Waals surface area (Å²) >= 11 is 0. The van der Waals surface area contributed by atoms with Gasteiger partial charge in [0.25, 0.3) is 11.5 Å². The van der Waals surface area contributed by atoms with Crippen LogP contribution < -0.4 is 16.0 Å². The van der Waals surface area contributed by atoms with Gasteiger partial charge in [0.1, 0.15) is 11.3 Å². The lowest BCUT2D eigenvalue weighted by molar-refractivity contribution is -0.151. The molecule has 2 bridgehead atoms. The second kappa shape index (κ2) is 8.32. The number of likely N-dealkylation sites (tertiary alicyclic amines) is 1. The van der Waals surface area contributed by atoms with E-state index in [9.17, 15) is 14.7 Å². The molecule has 0 saturated carbocycles. The summed E-state index contributed by atoms with van der Waals surface area (Å²) in [6.07, 6.45) is 3.24. The number of carbonyl (C=O) groups excluding carboxylic acids is 1. The van der Waals surface area contributed by atoms with Crippen molar-refractivity contribution in [3.05, 3.63) is 98.5 Å². The number of benzene rings is 2. The predicted molar refractivity (Wildman–Crippen MR) is 136 cm³/mol. The Labute approximate surface area is 209 Å². The van der Waals surface area contributed by atoms with E-state index in [2.05, 4.69) is 46.3 Å². The molecule has 1 amide bonds. The maximum atomic E-state index is 12.7. The predicted octanol–water partition coefficient (Wildman–Crippen LogP) is 2.12. The lowest BCUT2D eigenvalue weighted by Gasteiger charge is -2.63. The summed E-state index contributed by atoms with van der Waals surface area (Å²) in [6, 6.07) is 18.1. The van der Waals surface area contributed by atoms with E-state index in [0.717, 1.165) is 54.9 Å². The lowest BCUT2D eigenvalue weighted by Crippen LogP contribution is -2.74. The summed E-state index contributed by atoms with van der Waals surface area (Å²) in [5.41, 5.74) is 8.49. The molecule has 3 aromatic rings. The van der Waals surface area contributed by atoms with Gasteiger partial charge >= 0.3 is 0 Å². The van der Waals surface area contributed by atoms with E-state index in [-0.39, 0.29) is 11.6 Å². The minimum atomic E-state index is -1.07. The third-order valence-electron chi connectivity index (χ3n) is 8.84. The molecule has 6 rings (SSSR count).